The van der Waals surface area contributed by atoms with Crippen LogP contribution in [0.4, 0.5) is 17.2 Å². The molecule has 3 aromatic carbocycles. The summed E-state index contributed by atoms with van der Waals surface area (Å²) in [5.74, 6) is 0.379. The van der Waals surface area contributed by atoms with Gasteiger partial charge in [0.05, 0.1) is 35.3 Å². The van der Waals surface area contributed by atoms with Crippen molar-refractivity contribution in [2.75, 3.05) is 38.4 Å². The summed E-state index contributed by atoms with van der Waals surface area (Å²) < 4.78 is 32.3. The number of fused-ring (bicyclic) bond motifs is 1. The molecule has 0 unspecified atom stereocenters. The van der Waals surface area contributed by atoms with Crippen molar-refractivity contribution < 1.29 is 17.9 Å². The minimum atomic E-state index is -3.83. The first-order valence-electron chi connectivity index (χ1n) is 11.6. The Kier molecular flexibility index (Phi) is 7.70. The Bertz CT molecular complexity index is 1550. The molecule has 0 fully saturated rings. The van der Waals surface area contributed by atoms with Crippen molar-refractivity contribution in [3.63, 3.8) is 0 Å². The monoisotopic (exact) mass is 519 g/mol. The molecule has 9 nitrogen and oxygen atoms in total. The normalized spacial score (nSPS) is 11.5. The summed E-state index contributed by atoms with van der Waals surface area (Å²) in [4.78, 5) is 23.3. The summed E-state index contributed by atoms with van der Waals surface area (Å²) >= 11 is 0. The van der Waals surface area contributed by atoms with E-state index in [1.165, 1.54) is 12.1 Å². The van der Waals surface area contributed by atoms with Crippen LogP contribution in [0.25, 0.3) is 11.0 Å². The van der Waals surface area contributed by atoms with Crippen LogP contribution in [0.1, 0.15) is 11.3 Å². The second kappa shape index (κ2) is 10.9. The van der Waals surface area contributed by atoms with Crippen LogP contribution in [-0.2, 0) is 20.4 Å². The largest absolute Gasteiger partial charge is 0.497 e. The molecule has 1 aromatic heterocycles. The first-order valence-corrected chi connectivity index (χ1v) is 13.2. The highest BCUT2D eigenvalue weighted by molar-refractivity contribution is 7.90. The molecular weight excluding hydrogens is 490 g/mol. The van der Waals surface area contributed by atoms with Crippen LogP contribution in [0.5, 0.6) is 5.75 Å². The summed E-state index contributed by atoms with van der Waals surface area (Å²) in [5.41, 5.74) is 3.58. The SMILES string of the molecule is COc1ccc(C)c(Nc2nc3ccccc3nc2CS(=O)(=O)c2cccc(NC(=O)CN(C)C)c2)c1. The van der Waals surface area contributed by atoms with Gasteiger partial charge in [-0.1, -0.05) is 24.3 Å². The van der Waals surface area contributed by atoms with Gasteiger partial charge >= 0.3 is 0 Å². The zero-order valence-electron chi connectivity index (χ0n) is 21.1. The average Bonchev–Trinajstić information content (AvgIpc) is 2.85. The molecule has 4 aromatic rings. The Morgan fingerprint density at radius 2 is 1.70 bits per heavy atom. The van der Waals surface area contributed by atoms with Crippen molar-refractivity contribution in [2.24, 2.45) is 0 Å². The predicted octanol–water partition coefficient (Wildman–Crippen LogP) is 4.16. The number of carbonyl (C=O) groups is 1. The molecule has 0 spiro atoms. The molecule has 1 heterocycles. The molecule has 0 aliphatic rings. The van der Waals surface area contributed by atoms with Gasteiger partial charge in [-0.15, -0.1) is 0 Å². The van der Waals surface area contributed by atoms with Crippen LogP contribution in [-0.4, -0.2) is 56.9 Å². The molecule has 1 amide bonds. The lowest BCUT2D eigenvalue weighted by Gasteiger charge is -2.15. The van der Waals surface area contributed by atoms with E-state index in [1.54, 1.807) is 44.3 Å². The molecule has 0 bridgehead atoms. The number of likely N-dealkylation sites (N-methyl/N-ethyl adjacent to an activating group) is 1. The fraction of sp³-hybridized carbons (Fsp3) is 0.222. The number of benzene rings is 3. The number of anilines is 3. The Morgan fingerprint density at radius 1 is 0.973 bits per heavy atom. The first-order chi connectivity index (χ1) is 17.6. The molecule has 0 atom stereocenters. The zero-order valence-corrected chi connectivity index (χ0v) is 22.0. The lowest BCUT2D eigenvalue weighted by Crippen LogP contribution is -2.27. The van der Waals surface area contributed by atoms with E-state index in [2.05, 4.69) is 20.6 Å². The van der Waals surface area contributed by atoms with E-state index < -0.39 is 9.84 Å². The quantitative estimate of drug-likeness (QED) is 0.339. The van der Waals surface area contributed by atoms with Crippen molar-refractivity contribution in [3.05, 3.63) is 78.0 Å². The van der Waals surface area contributed by atoms with Crippen LogP contribution in [0.2, 0.25) is 0 Å². The Labute approximate surface area is 216 Å². The highest BCUT2D eigenvalue weighted by Crippen LogP contribution is 2.29. The molecule has 10 heteroatoms. The number of aryl methyl sites for hydroxylation is 1. The number of sulfone groups is 1. The third kappa shape index (κ3) is 6.41. The number of carbonyl (C=O) groups excluding carboxylic acids is 1. The van der Waals surface area contributed by atoms with E-state index in [9.17, 15) is 13.2 Å². The zero-order chi connectivity index (χ0) is 26.6. The van der Waals surface area contributed by atoms with Gasteiger partial charge in [0, 0.05) is 17.4 Å². The number of hydrogen-bond acceptors (Lipinski definition) is 8. The lowest BCUT2D eigenvalue weighted by molar-refractivity contribution is -0.116. The summed E-state index contributed by atoms with van der Waals surface area (Å²) in [6.07, 6.45) is 0. The third-order valence-electron chi connectivity index (χ3n) is 5.60. The van der Waals surface area contributed by atoms with Gasteiger partial charge in [0.25, 0.3) is 0 Å². The molecular formula is C27H29N5O4S. The van der Waals surface area contributed by atoms with Crippen molar-refractivity contribution in [2.45, 2.75) is 17.6 Å². The number of aromatic nitrogens is 2. The average molecular weight is 520 g/mol. The molecule has 192 valence electrons. The van der Waals surface area contributed by atoms with Gasteiger partial charge in [0.2, 0.25) is 5.91 Å². The second-order valence-corrected chi connectivity index (χ2v) is 10.9. The van der Waals surface area contributed by atoms with E-state index in [1.807, 2.05) is 43.3 Å². The Balaban J connectivity index is 1.70. The number of nitrogens with one attached hydrogen (secondary N) is 2. The van der Waals surface area contributed by atoms with Crippen LogP contribution >= 0.6 is 0 Å². The number of amides is 1. The van der Waals surface area contributed by atoms with Crippen molar-refractivity contribution >= 4 is 44.0 Å². The molecule has 2 N–H and O–H groups in total. The summed E-state index contributed by atoms with van der Waals surface area (Å²) in [6, 6.07) is 19.1. The maximum absolute atomic E-state index is 13.5. The number of nitrogens with zero attached hydrogens (tertiary/aromatic N) is 3. The van der Waals surface area contributed by atoms with E-state index in [4.69, 9.17) is 4.74 Å². The van der Waals surface area contributed by atoms with Gasteiger partial charge < -0.3 is 20.3 Å². The van der Waals surface area contributed by atoms with Gasteiger partial charge in [0.1, 0.15) is 11.5 Å². The maximum atomic E-state index is 13.5. The van der Waals surface area contributed by atoms with Gasteiger partial charge in [-0.3, -0.25) is 4.79 Å². The van der Waals surface area contributed by atoms with Crippen LogP contribution < -0.4 is 15.4 Å². The number of methoxy groups -OCH3 is 1. The van der Waals surface area contributed by atoms with Crippen LogP contribution in [0, 0.1) is 6.92 Å². The summed E-state index contributed by atoms with van der Waals surface area (Å²) in [5, 5.41) is 6.00. The van der Waals surface area contributed by atoms with Gasteiger partial charge in [-0.2, -0.15) is 0 Å². The third-order valence-corrected chi connectivity index (χ3v) is 7.23. The van der Waals surface area contributed by atoms with Gasteiger partial charge in [0.15, 0.2) is 15.7 Å². The fourth-order valence-electron chi connectivity index (χ4n) is 3.75. The molecule has 4 rings (SSSR count). The van der Waals surface area contributed by atoms with E-state index in [0.717, 1.165) is 11.3 Å². The Morgan fingerprint density at radius 3 is 2.41 bits per heavy atom. The minimum absolute atomic E-state index is 0.0774. The number of para-hydroxylation sites is 2. The first kappa shape index (κ1) is 26.1. The lowest BCUT2D eigenvalue weighted by atomic mass is 10.2. The van der Waals surface area contributed by atoms with Crippen molar-refractivity contribution in [1.29, 1.82) is 0 Å². The molecule has 37 heavy (non-hydrogen) atoms. The van der Waals surface area contributed by atoms with E-state index in [0.29, 0.717) is 28.3 Å². The number of ether oxygens (including phenoxy) is 1. The Hall–Kier alpha value is -4.02. The minimum Gasteiger partial charge on any atom is -0.497 e. The highest BCUT2D eigenvalue weighted by atomic mass is 32.2. The molecule has 0 saturated heterocycles. The van der Waals surface area contributed by atoms with Crippen LogP contribution in [0.15, 0.2) is 71.6 Å². The summed E-state index contributed by atoms with van der Waals surface area (Å²) in [7, 11) is 1.32. The van der Waals surface area contributed by atoms with Crippen molar-refractivity contribution in [3.8, 4) is 5.75 Å². The van der Waals surface area contributed by atoms with Crippen LogP contribution in [0.3, 0.4) is 0 Å². The standard InChI is InChI=1S/C27H29N5O4S/c1-18-12-13-20(36-4)15-24(18)31-27-25(29-22-10-5-6-11-23(22)30-27)17-37(34,35)21-9-7-8-19(14-21)28-26(33)16-32(2)3/h5-15H,16-17H2,1-4H3,(H,28,33)(H,30,31). The van der Waals surface area contributed by atoms with E-state index >= 15 is 0 Å². The van der Waals surface area contributed by atoms with Gasteiger partial charge in [-0.25, -0.2) is 18.4 Å². The number of rotatable bonds is 9. The maximum Gasteiger partial charge on any atom is 0.238 e. The molecule has 0 radical (unpaired) electrons. The molecule has 0 aliphatic carbocycles. The predicted molar refractivity (Wildman–Crippen MR) is 145 cm³/mol. The highest BCUT2D eigenvalue weighted by Gasteiger charge is 2.21. The van der Waals surface area contributed by atoms with Gasteiger partial charge in [-0.05, 0) is 63.0 Å². The molecule has 0 aliphatic heterocycles. The summed E-state index contributed by atoms with van der Waals surface area (Å²) in [6.45, 7) is 2.12. The second-order valence-electron chi connectivity index (χ2n) is 8.89. The number of hydrogen-bond donors (Lipinski definition) is 2. The smallest absolute Gasteiger partial charge is 0.238 e. The van der Waals surface area contributed by atoms with Crippen molar-refractivity contribution in [1.82, 2.24) is 14.9 Å². The topological polar surface area (TPSA) is 114 Å². The van der Waals surface area contributed by atoms with E-state index in [-0.39, 0.29) is 28.8 Å². The molecule has 0 saturated carbocycles. The fourth-order valence-corrected chi connectivity index (χ4v) is 5.07.